The first-order chi connectivity index (χ1) is 7.89. The molecule has 0 spiro atoms. The Bertz CT molecular complexity index is 386. The van der Waals surface area contributed by atoms with Crippen molar-refractivity contribution in [2.75, 3.05) is 13.6 Å². The molecular weight excluding hydrogens is 231 g/mol. The van der Waals surface area contributed by atoms with E-state index < -0.39 is 12.1 Å². The third-order valence-electron chi connectivity index (χ3n) is 3.53. The van der Waals surface area contributed by atoms with E-state index in [1.54, 1.807) is 24.0 Å². The second kappa shape index (κ2) is 4.33. The standard InChI is InChI=1S/C11H16F3N3/c1-16-6-4-8(11(12,13)14)7-10(16)9-3-5-15-17(9)2/h3,5,8,10H,4,6-7H2,1-2H3/t8-,10+/m1/s1. The fraction of sp³-hybridized carbons (Fsp3) is 0.727. The number of aromatic nitrogens is 2. The predicted molar refractivity (Wildman–Crippen MR) is 57.4 cm³/mol. The maximum Gasteiger partial charge on any atom is 0.391 e. The largest absolute Gasteiger partial charge is 0.391 e. The Kier molecular flexibility index (Phi) is 3.16. The van der Waals surface area contributed by atoms with Gasteiger partial charge in [0, 0.05) is 13.2 Å². The van der Waals surface area contributed by atoms with Gasteiger partial charge in [0.05, 0.1) is 17.7 Å². The van der Waals surface area contributed by atoms with E-state index in [-0.39, 0.29) is 18.9 Å². The first kappa shape index (κ1) is 12.4. The molecule has 2 rings (SSSR count). The molecule has 2 heterocycles. The summed E-state index contributed by atoms with van der Waals surface area (Å²) < 4.78 is 39.9. The van der Waals surface area contributed by atoms with Crippen LogP contribution in [-0.2, 0) is 7.05 Å². The van der Waals surface area contributed by atoms with Gasteiger partial charge in [-0.2, -0.15) is 18.3 Å². The number of halogens is 3. The van der Waals surface area contributed by atoms with Crippen LogP contribution in [0.4, 0.5) is 13.2 Å². The van der Waals surface area contributed by atoms with Crippen molar-refractivity contribution >= 4 is 0 Å². The third-order valence-corrected chi connectivity index (χ3v) is 3.53. The van der Waals surface area contributed by atoms with Gasteiger partial charge in [-0.25, -0.2) is 0 Å². The van der Waals surface area contributed by atoms with E-state index in [2.05, 4.69) is 5.10 Å². The normalized spacial score (nSPS) is 27.4. The molecule has 1 aromatic heterocycles. The van der Waals surface area contributed by atoms with Crippen molar-refractivity contribution in [1.82, 2.24) is 14.7 Å². The van der Waals surface area contributed by atoms with Crippen LogP contribution in [0.25, 0.3) is 0 Å². The van der Waals surface area contributed by atoms with Crippen LogP contribution in [0.5, 0.6) is 0 Å². The Morgan fingerprint density at radius 2 is 2.06 bits per heavy atom. The first-order valence-corrected chi connectivity index (χ1v) is 5.64. The molecular formula is C11H16F3N3. The molecule has 0 saturated carbocycles. The number of hydrogen-bond donors (Lipinski definition) is 0. The highest BCUT2D eigenvalue weighted by Crippen LogP contribution is 2.41. The Labute approximate surface area is 98.2 Å². The zero-order chi connectivity index (χ0) is 12.6. The van der Waals surface area contributed by atoms with Crippen LogP contribution in [0.3, 0.4) is 0 Å². The van der Waals surface area contributed by atoms with Gasteiger partial charge in [0.1, 0.15) is 0 Å². The van der Waals surface area contributed by atoms with Gasteiger partial charge in [-0.15, -0.1) is 0 Å². The van der Waals surface area contributed by atoms with Gasteiger partial charge in [-0.1, -0.05) is 0 Å². The summed E-state index contributed by atoms with van der Waals surface area (Å²) in [6, 6.07) is 1.60. The third kappa shape index (κ3) is 2.46. The van der Waals surface area contributed by atoms with Crippen molar-refractivity contribution in [3.05, 3.63) is 18.0 Å². The predicted octanol–water partition coefficient (Wildman–Crippen LogP) is 2.37. The molecule has 0 N–H and O–H groups in total. The number of alkyl halides is 3. The maximum atomic E-state index is 12.7. The quantitative estimate of drug-likeness (QED) is 0.759. The summed E-state index contributed by atoms with van der Waals surface area (Å²) >= 11 is 0. The maximum absolute atomic E-state index is 12.7. The summed E-state index contributed by atoms with van der Waals surface area (Å²) in [6.45, 7) is 0.472. The van der Waals surface area contributed by atoms with E-state index in [0.717, 1.165) is 5.69 Å². The molecule has 0 unspecified atom stereocenters. The SMILES string of the molecule is CN1CC[C@@H](C(F)(F)F)C[C@H]1c1ccnn1C. The number of nitrogens with zero attached hydrogens (tertiary/aromatic N) is 3. The highest BCUT2D eigenvalue weighted by atomic mass is 19.4. The van der Waals surface area contributed by atoms with Crippen molar-refractivity contribution in [3.8, 4) is 0 Å². The van der Waals surface area contributed by atoms with E-state index in [9.17, 15) is 13.2 Å². The molecule has 6 heteroatoms. The van der Waals surface area contributed by atoms with Gasteiger partial charge >= 0.3 is 6.18 Å². The topological polar surface area (TPSA) is 21.1 Å². The van der Waals surface area contributed by atoms with E-state index >= 15 is 0 Å². The van der Waals surface area contributed by atoms with Crippen LogP contribution in [0.2, 0.25) is 0 Å². The molecule has 0 bridgehead atoms. The van der Waals surface area contributed by atoms with Crippen LogP contribution in [-0.4, -0.2) is 34.4 Å². The Hall–Kier alpha value is -1.04. The summed E-state index contributed by atoms with van der Waals surface area (Å²) in [5.74, 6) is -1.20. The highest BCUT2D eigenvalue weighted by molar-refractivity contribution is 5.08. The van der Waals surface area contributed by atoms with Gasteiger partial charge in [0.2, 0.25) is 0 Å². The van der Waals surface area contributed by atoms with Crippen molar-refractivity contribution < 1.29 is 13.2 Å². The number of piperidine rings is 1. The Morgan fingerprint density at radius 3 is 2.59 bits per heavy atom. The van der Waals surface area contributed by atoms with Crippen LogP contribution < -0.4 is 0 Å². The molecule has 0 radical (unpaired) electrons. The number of aryl methyl sites for hydroxylation is 1. The van der Waals surface area contributed by atoms with Crippen molar-refractivity contribution in [2.24, 2.45) is 13.0 Å². The molecule has 0 aliphatic carbocycles. The first-order valence-electron chi connectivity index (χ1n) is 5.64. The molecule has 1 saturated heterocycles. The number of likely N-dealkylation sites (tertiary alicyclic amines) is 1. The highest BCUT2D eigenvalue weighted by Gasteiger charge is 2.44. The van der Waals surface area contributed by atoms with Crippen LogP contribution in [0.15, 0.2) is 12.3 Å². The molecule has 1 aliphatic rings. The molecule has 96 valence electrons. The van der Waals surface area contributed by atoms with Gasteiger partial charge in [0.15, 0.2) is 0 Å². The molecule has 0 amide bonds. The number of hydrogen-bond acceptors (Lipinski definition) is 2. The summed E-state index contributed by atoms with van der Waals surface area (Å²) in [5, 5.41) is 4.02. The second-order valence-corrected chi connectivity index (χ2v) is 4.64. The zero-order valence-corrected chi connectivity index (χ0v) is 9.91. The molecule has 0 aromatic carbocycles. The fourth-order valence-electron chi connectivity index (χ4n) is 2.44. The average Bonchev–Trinajstić information content (AvgIpc) is 2.63. The minimum atomic E-state index is -4.09. The van der Waals surface area contributed by atoms with Crippen LogP contribution >= 0.6 is 0 Å². The summed E-state index contributed by atoms with van der Waals surface area (Å²) in [6.07, 6.45) is -2.15. The lowest BCUT2D eigenvalue weighted by Crippen LogP contribution is -2.39. The van der Waals surface area contributed by atoms with Crippen molar-refractivity contribution in [2.45, 2.75) is 25.1 Å². The lowest BCUT2D eigenvalue weighted by molar-refractivity contribution is -0.189. The molecule has 2 atom stereocenters. The number of rotatable bonds is 1. The Morgan fingerprint density at radius 1 is 1.35 bits per heavy atom. The van der Waals surface area contributed by atoms with Gasteiger partial charge in [-0.3, -0.25) is 9.58 Å². The van der Waals surface area contributed by atoms with Gasteiger partial charge in [0.25, 0.3) is 0 Å². The molecule has 1 aromatic rings. The zero-order valence-electron chi connectivity index (χ0n) is 9.91. The monoisotopic (exact) mass is 247 g/mol. The lowest BCUT2D eigenvalue weighted by Gasteiger charge is -2.37. The van der Waals surface area contributed by atoms with E-state index in [0.29, 0.717) is 6.54 Å². The van der Waals surface area contributed by atoms with E-state index in [4.69, 9.17) is 0 Å². The van der Waals surface area contributed by atoms with Gasteiger partial charge < -0.3 is 0 Å². The smallest absolute Gasteiger partial charge is 0.298 e. The Balaban J connectivity index is 2.19. The van der Waals surface area contributed by atoms with E-state index in [1.165, 1.54) is 0 Å². The van der Waals surface area contributed by atoms with Gasteiger partial charge in [-0.05, 0) is 32.5 Å². The van der Waals surface area contributed by atoms with Crippen molar-refractivity contribution in [3.63, 3.8) is 0 Å². The molecule has 17 heavy (non-hydrogen) atoms. The molecule has 1 fully saturated rings. The minimum absolute atomic E-state index is 0.125. The van der Waals surface area contributed by atoms with Crippen LogP contribution in [0, 0.1) is 5.92 Å². The molecule has 1 aliphatic heterocycles. The van der Waals surface area contributed by atoms with Crippen molar-refractivity contribution in [1.29, 1.82) is 0 Å². The summed E-state index contributed by atoms with van der Waals surface area (Å²) in [7, 11) is 3.63. The lowest BCUT2D eigenvalue weighted by atomic mass is 9.89. The fourth-order valence-corrected chi connectivity index (χ4v) is 2.44. The summed E-state index contributed by atoms with van der Waals surface area (Å²) in [4.78, 5) is 1.97. The summed E-state index contributed by atoms with van der Waals surface area (Å²) in [5.41, 5.74) is 0.849. The molecule has 3 nitrogen and oxygen atoms in total. The van der Waals surface area contributed by atoms with E-state index in [1.807, 2.05) is 11.9 Å². The average molecular weight is 247 g/mol. The minimum Gasteiger partial charge on any atom is -0.298 e. The van der Waals surface area contributed by atoms with Crippen LogP contribution in [0.1, 0.15) is 24.6 Å². The second-order valence-electron chi connectivity index (χ2n) is 4.64.